The summed E-state index contributed by atoms with van der Waals surface area (Å²) in [6.07, 6.45) is 0. The second-order valence-electron chi connectivity index (χ2n) is 5.45. The molecule has 1 aromatic heterocycles. The van der Waals surface area contributed by atoms with E-state index in [9.17, 15) is 19.6 Å². The van der Waals surface area contributed by atoms with E-state index in [2.05, 4.69) is 10.4 Å². The van der Waals surface area contributed by atoms with E-state index in [0.717, 1.165) is 11.3 Å². The number of rotatable bonds is 6. The van der Waals surface area contributed by atoms with Crippen molar-refractivity contribution in [1.29, 1.82) is 0 Å². The number of anilines is 1. The van der Waals surface area contributed by atoms with Gasteiger partial charge in [0.1, 0.15) is 27.2 Å². The maximum absolute atomic E-state index is 13.0. The predicted octanol–water partition coefficient (Wildman–Crippen LogP) is 3.77. The maximum atomic E-state index is 13.0. The van der Waals surface area contributed by atoms with E-state index in [1.165, 1.54) is 55.0 Å². The Morgan fingerprint density at radius 1 is 1.22 bits per heavy atom. The summed E-state index contributed by atoms with van der Waals surface area (Å²) >= 11 is 1.14. The number of hydrogen-bond acceptors (Lipinski definition) is 7. The number of thiazole rings is 1. The molecule has 0 fully saturated rings. The van der Waals surface area contributed by atoms with Crippen LogP contribution in [0.2, 0.25) is 0 Å². The van der Waals surface area contributed by atoms with E-state index in [4.69, 9.17) is 9.84 Å². The lowest BCUT2D eigenvalue weighted by Gasteiger charge is -2.20. The first-order chi connectivity index (χ1) is 12.8. The quantitative estimate of drug-likeness (QED) is 0.373. The summed E-state index contributed by atoms with van der Waals surface area (Å²) in [6, 6.07) is 9.50. The van der Waals surface area contributed by atoms with Crippen molar-refractivity contribution in [3.63, 3.8) is 0 Å². The first-order valence-corrected chi connectivity index (χ1v) is 8.44. The third-order valence-corrected chi connectivity index (χ3v) is 4.51. The fraction of sp³-hybridized carbons (Fsp3) is 0.0588. The number of halogens is 1. The summed E-state index contributed by atoms with van der Waals surface area (Å²) < 4.78 is 18.1. The summed E-state index contributed by atoms with van der Waals surface area (Å²) in [7, 11) is 1.32. The fourth-order valence-electron chi connectivity index (χ4n) is 2.28. The van der Waals surface area contributed by atoms with Crippen LogP contribution in [-0.4, -0.2) is 33.6 Å². The second-order valence-corrected chi connectivity index (χ2v) is 6.31. The average Bonchev–Trinajstić information content (AvgIpc) is 3.13. The van der Waals surface area contributed by atoms with Crippen LogP contribution in [0.25, 0.3) is 10.6 Å². The summed E-state index contributed by atoms with van der Waals surface area (Å²) in [6.45, 7) is 0. The minimum atomic E-state index is -1.79. The zero-order valence-electron chi connectivity index (χ0n) is 14.0. The molecule has 2 aromatic carbocycles. The van der Waals surface area contributed by atoms with Gasteiger partial charge >= 0.3 is 11.8 Å². The lowest BCUT2D eigenvalue weighted by Crippen LogP contribution is -2.48. The topological polar surface area (TPSA) is 112 Å². The Bertz CT molecular complexity index is 975. The number of hydrogen-bond donors (Lipinski definition) is 4. The first-order valence-electron chi connectivity index (χ1n) is 7.56. The number of ether oxygens (including phenoxy) is 1. The number of aromatic nitrogens is 1. The number of quaternary nitrogens is 1. The third-order valence-electron chi connectivity index (χ3n) is 3.63. The minimum absolute atomic E-state index is 0.0152. The first kappa shape index (κ1) is 18.7. The molecule has 10 heteroatoms. The highest BCUT2D eigenvalue weighted by molar-refractivity contribution is 7.13. The van der Waals surface area contributed by atoms with Crippen LogP contribution < -0.4 is 15.1 Å². The Balaban J connectivity index is 1.87. The van der Waals surface area contributed by atoms with E-state index < -0.39 is 10.9 Å². The summed E-state index contributed by atoms with van der Waals surface area (Å²) in [4.78, 5) is 13.4. The molecule has 0 aliphatic rings. The van der Waals surface area contributed by atoms with Crippen LogP contribution in [0.4, 0.5) is 15.9 Å². The molecule has 0 aliphatic carbocycles. The molecular weight excluding hydrogens is 377 g/mol. The molecule has 0 atom stereocenters. The normalized spacial score (nSPS) is 11.3. The van der Waals surface area contributed by atoms with Gasteiger partial charge in [-0.25, -0.2) is 9.18 Å². The summed E-state index contributed by atoms with van der Waals surface area (Å²) in [5.74, 6) is -1.56. The van der Waals surface area contributed by atoms with E-state index in [1.807, 2.05) is 0 Å². The van der Waals surface area contributed by atoms with E-state index >= 15 is 0 Å². The Morgan fingerprint density at radius 2 is 1.93 bits per heavy atom. The van der Waals surface area contributed by atoms with E-state index in [0.29, 0.717) is 10.6 Å². The van der Waals surface area contributed by atoms with Gasteiger partial charge in [0.05, 0.1) is 18.1 Å². The van der Waals surface area contributed by atoms with Crippen LogP contribution in [0.15, 0.2) is 47.8 Å². The SMILES string of the molecule is COc1cc(C(=O)O)ccc1N[N+](O)(O)c1csc(-c2ccc(F)cc2)n1. The molecule has 0 saturated carbocycles. The van der Waals surface area contributed by atoms with Gasteiger partial charge in [-0.2, -0.15) is 10.4 Å². The van der Waals surface area contributed by atoms with Crippen molar-refractivity contribution in [2.24, 2.45) is 0 Å². The number of methoxy groups -OCH3 is 1. The van der Waals surface area contributed by atoms with Crippen LogP contribution in [0.3, 0.4) is 0 Å². The molecule has 0 spiro atoms. The van der Waals surface area contributed by atoms with Crippen LogP contribution in [0.5, 0.6) is 5.75 Å². The van der Waals surface area contributed by atoms with Gasteiger partial charge in [-0.3, -0.25) is 0 Å². The van der Waals surface area contributed by atoms with E-state index in [1.54, 1.807) is 0 Å². The van der Waals surface area contributed by atoms with Crippen molar-refractivity contribution in [3.05, 3.63) is 59.2 Å². The van der Waals surface area contributed by atoms with Crippen LogP contribution in [0, 0.1) is 5.82 Å². The molecule has 0 saturated heterocycles. The molecule has 0 amide bonds. The number of nitrogens with zero attached hydrogens (tertiary/aromatic N) is 2. The van der Waals surface area contributed by atoms with Crippen LogP contribution in [0.1, 0.15) is 10.4 Å². The Labute approximate surface area is 156 Å². The predicted molar refractivity (Wildman–Crippen MR) is 96.5 cm³/mol. The Hall–Kier alpha value is -3.05. The molecule has 140 valence electrons. The second kappa shape index (κ2) is 7.29. The Kier molecular flexibility index (Phi) is 5.06. The Morgan fingerprint density at radius 3 is 2.56 bits per heavy atom. The molecule has 0 radical (unpaired) electrons. The van der Waals surface area contributed by atoms with Gasteiger partial charge in [-0.05, 0) is 42.5 Å². The fourth-order valence-corrected chi connectivity index (χ4v) is 3.11. The van der Waals surface area contributed by atoms with Gasteiger partial charge in [-0.15, -0.1) is 21.8 Å². The van der Waals surface area contributed by atoms with Crippen LogP contribution in [-0.2, 0) is 0 Å². The van der Waals surface area contributed by atoms with Gasteiger partial charge in [0.25, 0.3) is 0 Å². The summed E-state index contributed by atoms with van der Waals surface area (Å²) in [5, 5.41) is 31.6. The van der Waals surface area contributed by atoms with Crippen molar-refractivity contribution >= 4 is 28.8 Å². The lowest BCUT2D eigenvalue weighted by molar-refractivity contribution is -0.274. The molecule has 0 aliphatic heterocycles. The zero-order chi connectivity index (χ0) is 19.6. The molecule has 8 nitrogen and oxygen atoms in total. The van der Waals surface area contributed by atoms with Crippen molar-refractivity contribution in [1.82, 2.24) is 9.90 Å². The minimum Gasteiger partial charge on any atom is -0.494 e. The largest absolute Gasteiger partial charge is 0.494 e. The molecular formula is C17H15FN3O5S+. The van der Waals surface area contributed by atoms with Gasteiger partial charge in [0.2, 0.25) is 0 Å². The number of carbonyl (C=O) groups is 1. The average molecular weight is 392 g/mol. The molecule has 3 aromatic rings. The van der Waals surface area contributed by atoms with Crippen molar-refractivity contribution in [2.75, 3.05) is 12.5 Å². The van der Waals surface area contributed by atoms with Gasteiger partial charge in [0, 0.05) is 5.56 Å². The number of benzene rings is 2. The number of carboxylic acids is 1. The lowest BCUT2D eigenvalue weighted by atomic mass is 10.2. The van der Waals surface area contributed by atoms with Crippen molar-refractivity contribution < 1.29 is 29.4 Å². The number of carboxylic acid groups (broad SMARTS) is 1. The molecule has 0 unspecified atom stereocenters. The molecule has 4 N–H and O–H groups in total. The molecule has 0 bridgehead atoms. The number of nitrogens with one attached hydrogen (secondary N) is 1. The zero-order valence-corrected chi connectivity index (χ0v) is 14.8. The maximum Gasteiger partial charge on any atom is 0.335 e. The van der Waals surface area contributed by atoms with Crippen molar-refractivity contribution in [3.8, 4) is 16.3 Å². The van der Waals surface area contributed by atoms with Gasteiger partial charge < -0.3 is 9.84 Å². The van der Waals surface area contributed by atoms with Crippen molar-refractivity contribution in [2.45, 2.75) is 0 Å². The van der Waals surface area contributed by atoms with Crippen LogP contribution >= 0.6 is 11.3 Å². The summed E-state index contributed by atoms with van der Waals surface area (Å²) in [5.41, 5.74) is 3.16. The smallest absolute Gasteiger partial charge is 0.335 e. The monoisotopic (exact) mass is 392 g/mol. The molecule has 3 rings (SSSR count). The highest BCUT2D eigenvalue weighted by Crippen LogP contribution is 2.32. The number of aromatic carboxylic acids is 1. The highest BCUT2D eigenvalue weighted by atomic mass is 32.1. The van der Waals surface area contributed by atoms with E-state index in [-0.39, 0.29) is 28.6 Å². The highest BCUT2D eigenvalue weighted by Gasteiger charge is 2.32. The van der Waals surface area contributed by atoms with Gasteiger partial charge in [0.15, 0.2) is 0 Å². The molecule has 1 heterocycles. The van der Waals surface area contributed by atoms with Gasteiger partial charge in [-0.1, -0.05) is 0 Å². The third kappa shape index (κ3) is 4.04. The standard InChI is InChI=1S/C17H14FN3O5S/c1-26-14-8-11(17(22)23)4-7-13(14)20-21(24,25)15-9-27-16(19-15)10-2-5-12(18)6-3-10/h2-9,20,24-25H,1H3/p+1. The molecule has 27 heavy (non-hydrogen) atoms.